The molecule has 0 aromatic carbocycles. The van der Waals surface area contributed by atoms with Gasteiger partial charge in [-0.05, 0) is 66.7 Å². The van der Waals surface area contributed by atoms with Crippen LogP contribution in [-0.4, -0.2) is 23.0 Å². The Bertz CT molecular complexity index is 665. The smallest absolute Gasteiger partial charge is 0.303 e. The van der Waals surface area contributed by atoms with Gasteiger partial charge in [-0.1, -0.05) is 26.0 Å². The number of amides is 1. The number of rotatable bonds is 8. The predicted molar refractivity (Wildman–Crippen MR) is 104 cm³/mol. The fraction of sp³-hybridized carbons (Fsp3) is 0.619. The number of carbonyl (C=O) groups is 2. The standard InChI is InChI=1S/C21H29NO3S/c1-21(2)16-11-14(7-5-3-4-6-8-18(23)24)19(17(21)12-16)22-20(25)15-9-10-26-13-15/h3,5,9-10,13-14,16-17,19H,4,6-8,11-12H2,1-2H3,(H,22,25)(H,23,24)/b5-3+. The van der Waals surface area contributed by atoms with E-state index in [1.807, 2.05) is 16.8 Å². The normalized spacial score (nSPS) is 29.3. The molecule has 1 aromatic rings. The third-order valence-corrected chi connectivity index (χ3v) is 7.21. The summed E-state index contributed by atoms with van der Waals surface area (Å²) >= 11 is 1.55. The third-order valence-electron chi connectivity index (χ3n) is 6.52. The van der Waals surface area contributed by atoms with Gasteiger partial charge in [0.15, 0.2) is 0 Å². The van der Waals surface area contributed by atoms with Crippen LogP contribution in [0.2, 0.25) is 0 Å². The first-order valence-corrected chi connectivity index (χ1v) is 10.5. The highest BCUT2D eigenvalue weighted by Crippen LogP contribution is 2.61. The van der Waals surface area contributed by atoms with Crippen molar-refractivity contribution in [1.29, 1.82) is 0 Å². The van der Waals surface area contributed by atoms with Crippen molar-refractivity contribution >= 4 is 23.2 Å². The summed E-state index contributed by atoms with van der Waals surface area (Å²) in [5.74, 6) is 1.10. The Balaban J connectivity index is 1.59. The maximum atomic E-state index is 12.6. The second-order valence-electron chi connectivity index (χ2n) is 8.36. The van der Waals surface area contributed by atoms with Gasteiger partial charge < -0.3 is 10.4 Å². The molecule has 0 spiro atoms. The van der Waals surface area contributed by atoms with E-state index in [0.29, 0.717) is 23.7 Å². The third kappa shape index (κ3) is 4.03. The van der Waals surface area contributed by atoms with Crippen molar-refractivity contribution in [3.05, 3.63) is 34.5 Å². The molecule has 4 atom stereocenters. The highest BCUT2D eigenvalue weighted by molar-refractivity contribution is 7.08. The molecule has 1 amide bonds. The molecule has 1 heterocycles. The summed E-state index contributed by atoms with van der Waals surface area (Å²) in [5.41, 5.74) is 1.08. The van der Waals surface area contributed by atoms with Crippen LogP contribution in [0.25, 0.3) is 0 Å². The topological polar surface area (TPSA) is 66.4 Å². The minimum absolute atomic E-state index is 0.0489. The molecule has 2 N–H and O–H groups in total. The second kappa shape index (κ2) is 7.95. The molecule has 4 nitrogen and oxygen atoms in total. The van der Waals surface area contributed by atoms with Crippen LogP contribution in [0.4, 0.5) is 0 Å². The second-order valence-corrected chi connectivity index (χ2v) is 9.14. The Hall–Kier alpha value is -1.62. The van der Waals surface area contributed by atoms with E-state index < -0.39 is 5.97 Å². The predicted octanol–water partition coefficient (Wildman–Crippen LogP) is 4.73. The Morgan fingerprint density at radius 2 is 2.15 bits per heavy atom. The van der Waals surface area contributed by atoms with E-state index in [4.69, 9.17) is 5.11 Å². The molecular weight excluding hydrogens is 346 g/mol. The molecule has 3 aliphatic rings. The fourth-order valence-corrected chi connectivity index (χ4v) is 5.39. The largest absolute Gasteiger partial charge is 0.481 e. The van der Waals surface area contributed by atoms with Gasteiger partial charge >= 0.3 is 5.97 Å². The molecule has 0 radical (unpaired) electrons. The van der Waals surface area contributed by atoms with E-state index in [0.717, 1.165) is 30.7 Å². The average Bonchev–Trinajstić information content (AvgIpc) is 3.13. The van der Waals surface area contributed by atoms with Gasteiger partial charge in [0.25, 0.3) is 5.91 Å². The quantitative estimate of drug-likeness (QED) is 0.510. The van der Waals surface area contributed by atoms with Crippen molar-refractivity contribution in [2.45, 2.75) is 58.4 Å². The lowest BCUT2D eigenvalue weighted by molar-refractivity contribution is -0.137. The number of hydrogen-bond donors (Lipinski definition) is 2. The van der Waals surface area contributed by atoms with Crippen LogP contribution >= 0.6 is 11.3 Å². The number of allylic oxidation sites excluding steroid dienone is 2. The fourth-order valence-electron chi connectivity index (χ4n) is 4.76. The molecule has 2 bridgehead atoms. The van der Waals surface area contributed by atoms with Gasteiger partial charge in [-0.2, -0.15) is 11.3 Å². The summed E-state index contributed by atoms with van der Waals surface area (Å²) in [6, 6.07) is 2.11. The van der Waals surface area contributed by atoms with Gasteiger partial charge in [0.1, 0.15) is 0 Å². The molecule has 142 valence electrons. The maximum Gasteiger partial charge on any atom is 0.303 e. The Morgan fingerprint density at radius 3 is 2.81 bits per heavy atom. The lowest BCUT2D eigenvalue weighted by Crippen LogP contribution is -2.63. The van der Waals surface area contributed by atoms with Crippen molar-refractivity contribution in [2.24, 2.45) is 23.2 Å². The lowest BCUT2D eigenvalue weighted by Gasteiger charge is -2.62. The number of carbonyl (C=O) groups excluding carboxylic acids is 1. The van der Waals surface area contributed by atoms with Crippen molar-refractivity contribution in [2.75, 3.05) is 0 Å². The molecule has 0 saturated heterocycles. The number of nitrogens with one attached hydrogen (secondary N) is 1. The SMILES string of the molecule is CC1(C)C2CC(C/C=C/CCCC(=O)O)C(NC(=O)c3ccsc3)C1C2. The highest BCUT2D eigenvalue weighted by atomic mass is 32.1. The zero-order valence-electron chi connectivity index (χ0n) is 15.6. The number of hydrogen-bond acceptors (Lipinski definition) is 3. The molecule has 26 heavy (non-hydrogen) atoms. The van der Waals surface area contributed by atoms with E-state index in [2.05, 4.69) is 31.3 Å². The van der Waals surface area contributed by atoms with E-state index in [9.17, 15) is 9.59 Å². The summed E-state index contributed by atoms with van der Waals surface area (Å²) in [5, 5.41) is 15.9. The first-order valence-electron chi connectivity index (χ1n) is 9.59. The van der Waals surface area contributed by atoms with Crippen LogP contribution < -0.4 is 5.32 Å². The molecule has 3 aliphatic carbocycles. The number of fused-ring (bicyclic) bond motifs is 2. The summed E-state index contributed by atoms with van der Waals surface area (Å²) in [7, 11) is 0. The molecule has 4 rings (SSSR count). The Morgan fingerprint density at radius 1 is 1.35 bits per heavy atom. The van der Waals surface area contributed by atoms with Gasteiger partial charge in [0.2, 0.25) is 0 Å². The molecule has 0 aliphatic heterocycles. The minimum atomic E-state index is -0.732. The van der Waals surface area contributed by atoms with E-state index >= 15 is 0 Å². The van der Waals surface area contributed by atoms with Crippen molar-refractivity contribution < 1.29 is 14.7 Å². The zero-order valence-corrected chi connectivity index (χ0v) is 16.4. The van der Waals surface area contributed by atoms with E-state index in [1.165, 1.54) is 6.42 Å². The van der Waals surface area contributed by atoms with Gasteiger partial charge in [0, 0.05) is 23.4 Å². The first-order chi connectivity index (χ1) is 12.4. The Labute approximate surface area is 159 Å². The molecule has 4 unspecified atom stereocenters. The zero-order chi connectivity index (χ0) is 18.7. The highest BCUT2D eigenvalue weighted by Gasteiger charge is 2.57. The van der Waals surface area contributed by atoms with Gasteiger partial charge in [0.05, 0.1) is 0 Å². The van der Waals surface area contributed by atoms with Crippen molar-refractivity contribution in [3.63, 3.8) is 0 Å². The molecule has 3 fully saturated rings. The monoisotopic (exact) mass is 375 g/mol. The molecule has 1 aromatic heterocycles. The van der Waals surface area contributed by atoms with Crippen molar-refractivity contribution in [1.82, 2.24) is 5.32 Å². The van der Waals surface area contributed by atoms with Crippen molar-refractivity contribution in [3.8, 4) is 0 Å². The summed E-state index contributed by atoms with van der Waals surface area (Å²) in [4.78, 5) is 23.2. The molecular formula is C21H29NO3S. The first kappa shape index (κ1) is 19.2. The number of carboxylic acids is 1. The molecule has 3 saturated carbocycles. The number of thiophene rings is 1. The van der Waals surface area contributed by atoms with Gasteiger partial charge in [-0.25, -0.2) is 0 Å². The lowest BCUT2D eigenvalue weighted by atomic mass is 9.44. The van der Waals surface area contributed by atoms with Gasteiger partial charge in [-0.3, -0.25) is 9.59 Å². The van der Waals surface area contributed by atoms with Crippen LogP contribution in [0, 0.1) is 23.2 Å². The van der Waals surface area contributed by atoms with E-state index in [1.54, 1.807) is 11.3 Å². The van der Waals surface area contributed by atoms with Crippen LogP contribution in [0.5, 0.6) is 0 Å². The Kier molecular flexibility index (Phi) is 5.86. The van der Waals surface area contributed by atoms with Crippen LogP contribution in [0.1, 0.15) is 62.7 Å². The number of unbranched alkanes of at least 4 members (excludes halogenated alkanes) is 1. The minimum Gasteiger partial charge on any atom is -0.481 e. The van der Waals surface area contributed by atoms with Crippen LogP contribution in [0.3, 0.4) is 0 Å². The average molecular weight is 376 g/mol. The summed E-state index contributed by atoms with van der Waals surface area (Å²) in [6.07, 6.45) is 9.37. The van der Waals surface area contributed by atoms with Gasteiger partial charge in [-0.15, -0.1) is 0 Å². The van der Waals surface area contributed by atoms with Crippen LogP contribution in [0.15, 0.2) is 29.0 Å². The number of aliphatic carboxylic acids is 1. The number of carboxylic acid groups (broad SMARTS) is 1. The summed E-state index contributed by atoms with van der Waals surface area (Å²) in [6.45, 7) is 4.68. The summed E-state index contributed by atoms with van der Waals surface area (Å²) < 4.78 is 0. The van der Waals surface area contributed by atoms with Crippen LogP contribution in [-0.2, 0) is 4.79 Å². The maximum absolute atomic E-state index is 12.6. The van der Waals surface area contributed by atoms with E-state index in [-0.39, 0.29) is 18.4 Å². The molecule has 5 heteroatoms.